The highest BCUT2D eigenvalue weighted by molar-refractivity contribution is 5.53. The molecule has 0 N–H and O–H groups in total. The molecule has 0 saturated carbocycles. The zero-order valence-corrected chi connectivity index (χ0v) is 20.4. The first-order valence-electron chi connectivity index (χ1n) is 12.4. The quantitative estimate of drug-likeness (QED) is 0.416. The number of anilines is 1. The summed E-state index contributed by atoms with van der Waals surface area (Å²) in [5, 5.41) is 0. The Morgan fingerprint density at radius 1 is 0.853 bits per heavy atom. The van der Waals surface area contributed by atoms with Gasteiger partial charge in [-0.3, -0.25) is 0 Å². The second-order valence-corrected chi connectivity index (χ2v) is 9.60. The van der Waals surface area contributed by atoms with Gasteiger partial charge in [0.2, 0.25) is 0 Å². The van der Waals surface area contributed by atoms with Crippen molar-refractivity contribution in [3.8, 4) is 5.75 Å². The fourth-order valence-corrected chi connectivity index (χ4v) is 5.72. The van der Waals surface area contributed by atoms with Gasteiger partial charge in [0.1, 0.15) is 5.75 Å². The number of hydrogen-bond acceptors (Lipinski definition) is 4. The van der Waals surface area contributed by atoms with Crippen LogP contribution in [0.15, 0.2) is 72.8 Å². The molecule has 4 nitrogen and oxygen atoms in total. The number of aryl methyl sites for hydroxylation is 1. The van der Waals surface area contributed by atoms with Crippen LogP contribution in [0.1, 0.15) is 46.9 Å². The number of methoxy groups -OCH3 is 2. The molecule has 1 saturated heterocycles. The molecule has 0 aromatic heterocycles. The van der Waals surface area contributed by atoms with Crippen molar-refractivity contribution in [3.05, 3.63) is 95.1 Å². The molecule has 0 spiro atoms. The van der Waals surface area contributed by atoms with Gasteiger partial charge in [-0.25, -0.2) is 0 Å². The van der Waals surface area contributed by atoms with Crippen molar-refractivity contribution in [2.24, 2.45) is 5.92 Å². The van der Waals surface area contributed by atoms with Crippen molar-refractivity contribution in [2.45, 2.75) is 37.9 Å². The number of nitrogens with zero attached hydrogens (tertiary/aromatic N) is 1. The van der Waals surface area contributed by atoms with Gasteiger partial charge >= 0.3 is 0 Å². The molecule has 0 unspecified atom stereocenters. The Labute approximate surface area is 203 Å². The highest BCUT2D eigenvalue weighted by Crippen LogP contribution is 2.46. The van der Waals surface area contributed by atoms with E-state index in [0.29, 0.717) is 12.5 Å². The van der Waals surface area contributed by atoms with Crippen LogP contribution in [-0.4, -0.2) is 40.2 Å². The van der Waals surface area contributed by atoms with Crippen LogP contribution in [-0.2, 0) is 9.47 Å². The van der Waals surface area contributed by atoms with Crippen molar-refractivity contribution >= 4 is 5.69 Å². The lowest BCUT2D eigenvalue weighted by Crippen LogP contribution is -2.39. The largest absolute Gasteiger partial charge is 0.493 e. The lowest BCUT2D eigenvalue weighted by Gasteiger charge is -2.37. The van der Waals surface area contributed by atoms with E-state index in [2.05, 4.69) is 84.6 Å². The first-order valence-corrected chi connectivity index (χ1v) is 12.4. The molecule has 2 aliphatic heterocycles. The third kappa shape index (κ3) is 4.57. The Hall–Kier alpha value is -2.82. The van der Waals surface area contributed by atoms with Crippen molar-refractivity contribution in [1.29, 1.82) is 0 Å². The molecule has 4 heteroatoms. The molecular formula is C30H35NO3. The van der Waals surface area contributed by atoms with E-state index in [0.717, 1.165) is 31.7 Å². The Morgan fingerprint density at radius 3 is 2.24 bits per heavy atom. The highest BCUT2D eigenvalue weighted by atomic mass is 16.7. The second kappa shape index (κ2) is 10.2. The van der Waals surface area contributed by atoms with E-state index in [9.17, 15) is 0 Å². The van der Waals surface area contributed by atoms with Gasteiger partial charge in [0.15, 0.2) is 6.29 Å². The van der Waals surface area contributed by atoms with Gasteiger partial charge in [0.05, 0.1) is 6.61 Å². The maximum absolute atomic E-state index is 6.26. The fourth-order valence-electron chi connectivity index (χ4n) is 5.72. The van der Waals surface area contributed by atoms with E-state index in [-0.39, 0.29) is 18.1 Å². The van der Waals surface area contributed by atoms with Crippen LogP contribution in [0.4, 0.5) is 5.69 Å². The van der Waals surface area contributed by atoms with Gasteiger partial charge in [0, 0.05) is 56.3 Å². The summed E-state index contributed by atoms with van der Waals surface area (Å²) in [6.07, 6.45) is 2.06. The van der Waals surface area contributed by atoms with E-state index < -0.39 is 0 Å². The van der Waals surface area contributed by atoms with Gasteiger partial charge in [-0.05, 0) is 54.7 Å². The lowest BCUT2D eigenvalue weighted by molar-refractivity contribution is -0.141. The van der Waals surface area contributed by atoms with Crippen molar-refractivity contribution < 1.29 is 14.2 Å². The number of ether oxygens (including phenoxy) is 3. The summed E-state index contributed by atoms with van der Waals surface area (Å²) in [6.45, 7) is 4.88. The minimum absolute atomic E-state index is 0.100. The summed E-state index contributed by atoms with van der Waals surface area (Å²) >= 11 is 0. The molecule has 0 bridgehead atoms. The highest BCUT2D eigenvalue weighted by Gasteiger charge is 2.33. The van der Waals surface area contributed by atoms with Gasteiger partial charge in [-0.2, -0.15) is 0 Å². The minimum Gasteiger partial charge on any atom is -0.493 e. The van der Waals surface area contributed by atoms with Crippen molar-refractivity contribution in [1.82, 2.24) is 0 Å². The van der Waals surface area contributed by atoms with E-state index >= 15 is 0 Å². The van der Waals surface area contributed by atoms with Crippen LogP contribution < -0.4 is 9.64 Å². The molecule has 34 heavy (non-hydrogen) atoms. The van der Waals surface area contributed by atoms with Crippen LogP contribution in [0.5, 0.6) is 5.75 Å². The Bertz CT molecular complexity index is 1070. The molecule has 1 fully saturated rings. The van der Waals surface area contributed by atoms with E-state index in [1.165, 1.54) is 27.9 Å². The Kier molecular flexibility index (Phi) is 6.89. The van der Waals surface area contributed by atoms with Gasteiger partial charge in [0.25, 0.3) is 0 Å². The second-order valence-electron chi connectivity index (χ2n) is 9.60. The van der Waals surface area contributed by atoms with Crippen LogP contribution in [0.2, 0.25) is 0 Å². The predicted octanol–water partition coefficient (Wildman–Crippen LogP) is 6.14. The molecular weight excluding hydrogens is 422 g/mol. The lowest BCUT2D eigenvalue weighted by atomic mass is 9.75. The molecule has 0 aliphatic carbocycles. The molecule has 2 aliphatic rings. The zero-order chi connectivity index (χ0) is 23.5. The maximum Gasteiger partial charge on any atom is 0.159 e. The number of hydrogen-bond donors (Lipinski definition) is 0. The summed E-state index contributed by atoms with van der Waals surface area (Å²) in [5.41, 5.74) is 6.49. The zero-order valence-electron chi connectivity index (χ0n) is 20.4. The summed E-state index contributed by atoms with van der Waals surface area (Å²) in [4.78, 5) is 2.48. The molecule has 0 amide bonds. The molecule has 2 heterocycles. The average Bonchev–Trinajstić information content (AvgIpc) is 2.90. The monoisotopic (exact) mass is 457 g/mol. The summed E-state index contributed by atoms with van der Waals surface area (Å²) in [7, 11) is 3.47. The normalized spacial score (nSPS) is 20.8. The van der Waals surface area contributed by atoms with Crippen molar-refractivity contribution in [2.75, 3.05) is 38.8 Å². The number of fused-ring (bicyclic) bond motifs is 1. The Balaban J connectivity index is 1.40. The van der Waals surface area contributed by atoms with Gasteiger partial charge in [-0.15, -0.1) is 0 Å². The maximum atomic E-state index is 6.26. The fraction of sp³-hybridized carbons (Fsp3) is 0.400. The summed E-state index contributed by atoms with van der Waals surface area (Å²) in [5.74, 6) is 2.04. The smallest absolute Gasteiger partial charge is 0.159 e. The van der Waals surface area contributed by atoms with E-state index in [4.69, 9.17) is 14.2 Å². The summed E-state index contributed by atoms with van der Waals surface area (Å²) in [6, 6.07) is 26.7. The number of benzene rings is 3. The first-order chi connectivity index (χ1) is 16.7. The third-order valence-electron chi connectivity index (χ3n) is 7.56. The van der Waals surface area contributed by atoms with Crippen LogP contribution in [0.25, 0.3) is 0 Å². The number of piperidine rings is 1. The van der Waals surface area contributed by atoms with E-state index in [1.807, 2.05) is 0 Å². The predicted molar refractivity (Wildman–Crippen MR) is 137 cm³/mol. The van der Waals surface area contributed by atoms with Crippen LogP contribution in [0, 0.1) is 12.8 Å². The molecule has 3 aromatic carbocycles. The Morgan fingerprint density at radius 2 is 1.56 bits per heavy atom. The van der Waals surface area contributed by atoms with E-state index in [1.54, 1.807) is 14.2 Å². The topological polar surface area (TPSA) is 30.9 Å². The van der Waals surface area contributed by atoms with Crippen LogP contribution >= 0.6 is 0 Å². The number of rotatable bonds is 6. The summed E-state index contributed by atoms with van der Waals surface area (Å²) < 4.78 is 17.2. The molecule has 2 atom stereocenters. The molecule has 178 valence electrons. The standard InChI is InChI=1S/C30H35NO3/c1-21-9-14-26-28(19-21)34-20-27(22-7-5-4-6-8-22)29(26)23-10-12-25(13-11-23)31-17-15-24(16-18-31)30(32-2)33-3/h4-14,19,24,27,29-30H,15-18,20H2,1-3H3/t27-,29-/m1/s1. The van der Waals surface area contributed by atoms with Crippen LogP contribution in [0.3, 0.4) is 0 Å². The first kappa shape index (κ1) is 22.9. The minimum atomic E-state index is -0.100. The van der Waals surface area contributed by atoms with Gasteiger partial charge in [-0.1, -0.05) is 54.6 Å². The SMILES string of the molecule is COC(OC)C1CCN(c2ccc([C@@H]3c4ccc(C)cc4OC[C@@H]3c3ccccc3)cc2)CC1. The van der Waals surface area contributed by atoms with Gasteiger partial charge < -0.3 is 19.1 Å². The van der Waals surface area contributed by atoms with Crippen molar-refractivity contribution in [3.63, 3.8) is 0 Å². The molecule has 5 rings (SSSR count). The molecule has 0 radical (unpaired) electrons. The third-order valence-corrected chi connectivity index (χ3v) is 7.56. The average molecular weight is 458 g/mol. The molecule has 3 aromatic rings.